The first-order valence-corrected chi connectivity index (χ1v) is 6.77. The Balaban J connectivity index is 1.94. The third kappa shape index (κ3) is 1.74. The summed E-state index contributed by atoms with van der Waals surface area (Å²) in [7, 11) is 1.50. The van der Waals surface area contributed by atoms with Gasteiger partial charge in [0.1, 0.15) is 0 Å². The van der Waals surface area contributed by atoms with Crippen molar-refractivity contribution in [1.29, 1.82) is 0 Å². The molecule has 0 saturated heterocycles. The smallest absolute Gasteiger partial charge is 0.313 e. The highest BCUT2D eigenvalue weighted by Crippen LogP contribution is 2.48. The fourth-order valence-electron chi connectivity index (χ4n) is 3.97. The maximum Gasteiger partial charge on any atom is 0.313 e. The monoisotopic (exact) mass is 232 g/mol. The van der Waals surface area contributed by atoms with Gasteiger partial charge in [-0.25, -0.2) is 0 Å². The van der Waals surface area contributed by atoms with Gasteiger partial charge in [-0.3, -0.25) is 4.79 Å². The molecule has 2 unspecified atom stereocenters. The summed E-state index contributed by atoms with van der Waals surface area (Å²) in [5.74, 6) is 1.73. The second-order valence-electron chi connectivity index (χ2n) is 5.52. The van der Waals surface area contributed by atoms with Crippen molar-refractivity contribution in [3.63, 3.8) is 0 Å². The largest absolute Gasteiger partial charge is 0.469 e. The van der Waals surface area contributed by atoms with Crippen LogP contribution in [0.2, 0.25) is 0 Å². The standard InChI is InChI=1S/C15H20O2/c1-17-15(16)14-9-8-10-4-2-5-11(10)12-6-3-7-13(12)14/h6,8-11,13-14H,2-5,7H2,1H3/t10-,11-,13?,14?/m1/s1. The summed E-state index contributed by atoms with van der Waals surface area (Å²) in [6.07, 6.45) is 13.0. The number of carbonyl (C=O) groups is 1. The van der Waals surface area contributed by atoms with Crippen LogP contribution < -0.4 is 0 Å². The molecule has 0 aliphatic heterocycles. The quantitative estimate of drug-likeness (QED) is 0.513. The first-order chi connectivity index (χ1) is 8.31. The van der Waals surface area contributed by atoms with Gasteiger partial charge >= 0.3 is 5.97 Å². The third-order valence-electron chi connectivity index (χ3n) is 4.76. The Kier molecular flexibility index (Phi) is 2.81. The maximum absolute atomic E-state index is 11.9. The van der Waals surface area contributed by atoms with Gasteiger partial charge in [0.05, 0.1) is 13.0 Å². The second kappa shape index (κ2) is 4.32. The number of allylic oxidation sites excluding steroid dienone is 3. The summed E-state index contributed by atoms with van der Waals surface area (Å²) in [6, 6.07) is 0. The fraction of sp³-hybridized carbons (Fsp3) is 0.667. The molecule has 0 spiro atoms. The number of methoxy groups -OCH3 is 1. The molecule has 0 heterocycles. The van der Waals surface area contributed by atoms with Crippen LogP contribution in [0.4, 0.5) is 0 Å². The maximum atomic E-state index is 11.9. The summed E-state index contributed by atoms with van der Waals surface area (Å²) in [5, 5.41) is 0. The van der Waals surface area contributed by atoms with Crippen LogP contribution in [0.5, 0.6) is 0 Å². The summed E-state index contributed by atoms with van der Waals surface area (Å²) in [5.41, 5.74) is 1.56. The van der Waals surface area contributed by atoms with Crippen LogP contribution in [0.1, 0.15) is 32.1 Å². The SMILES string of the molecule is COC(=O)C1C=C[C@H]2CCC[C@H]2C2=CCCC21. The van der Waals surface area contributed by atoms with E-state index in [4.69, 9.17) is 4.74 Å². The zero-order chi connectivity index (χ0) is 11.8. The van der Waals surface area contributed by atoms with E-state index in [1.165, 1.54) is 26.4 Å². The molecule has 1 saturated carbocycles. The van der Waals surface area contributed by atoms with Gasteiger partial charge < -0.3 is 4.74 Å². The molecule has 3 aliphatic rings. The van der Waals surface area contributed by atoms with E-state index in [1.807, 2.05) is 0 Å². The molecular formula is C15H20O2. The minimum Gasteiger partial charge on any atom is -0.469 e. The number of fused-ring (bicyclic) bond motifs is 3. The lowest BCUT2D eigenvalue weighted by Gasteiger charge is -2.24. The molecule has 2 heteroatoms. The van der Waals surface area contributed by atoms with Crippen LogP contribution in [-0.2, 0) is 9.53 Å². The minimum absolute atomic E-state index is 0.0284. The molecule has 0 radical (unpaired) electrons. The normalized spacial score (nSPS) is 39.2. The number of carbonyl (C=O) groups excluding carboxylic acids is 1. The van der Waals surface area contributed by atoms with Crippen molar-refractivity contribution in [2.75, 3.05) is 7.11 Å². The van der Waals surface area contributed by atoms with Crippen LogP contribution in [-0.4, -0.2) is 13.1 Å². The zero-order valence-electron chi connectivity index (χ0n) is 10.4. The van der Waals surface area contributed by atoms with Gasteiger partial charge in [-0.2, -0.15) is 0 Å². The van der Waals surface area contributed by atoms with Gasteiger partial charge in [0.25, 0.3) is 0 Å². The Labute approximate surface area is 103 Å². The number of esters is 1. The molecule has 0 aromatic rings. The van der Waals surface area contributed by atoms with Crippen molar-refractivity contribution < 1.29 is 9.53 Å². The summed E-state index contributed by atoms with van der Waals surface area (Å²) in [6.45, 7) is 0. The lowest BCUT2D eigenvalue weighted by molar-refractivity contribution is -0.145. The van der Waals surface area contributed by atoms with Crippen molar-refractivity contribution in [3.8, 4) is 0 Å². The van der Waals surface area contributed by atoms with Crippen molar-refractivity contribution in [3.05, 3.63) is 23.8 Å². The third-order valence-corrected chi connectivity index (χ3v) is 4.76. The predicted octanol–water partition coefficient (Wildman–Crippen LogP) is 3.10. The Morgan fingerprint density at radius 1 is 1.24 bits per heavy atom. The van der Waals surface area contributed by atoms with Crippen LogP contribution in [0.25, 0.3) is 0 Å². The zero-order valence-corrected chi connectivity index (χ0v) is 10.4. The molecule has 0 aromatic heterocycles. The fourth-order valence-corrected chi connectivity index (χ4v) is 3.97. The van der Waals surface area contributed by atoms with E-state index in [1.54, 1.807) is 5.57 Å². The van der Waals surface area contributed by atoms with E-state index in [9.17, 15) is 4.79 Å². The molecular weight excluding hydrogens is 212 g/mol. The van der Waals surface area contributed by atoms with Crippen LogP contribution in [0, 0.1) is 23.7 Å². The molecule has 17 heavy (non-hydrogen) atoms. The Morgan fingerprint density at radius 2 is 2.12 bits per heavy atom. The van der Waals surface area contributed by atoms with Crippen LogP contribution in [0.15, 0.2) is 23.8 Å². The minimum atomic E-state index is -0.0565. The van der Waals surface area contributed by atoms with Crippen molar-refractivity contribution in [1.82, 2.24) is 0 Å². The molecule has 1 fully saturated rings. The van der Waals surface area contributed by atoms with E-state index in [-0.39, 0.29) is 11.9 Å². The molecule has 92 valence electrons. The molecule has 0 N–H and O–H groups in total. The van der Waals surface area contributed by atoms with Gasteiger partial charge in [0, 0.05) is 0 Å². The summed E-state index contributed by atoms with van der Waals surface area (Å²) >= 11 is 0. The van der Waals surface area contributed by atoms with Crippen molar-refractivity contribution in [2.24, 2.45) is 23.7 Å². The van der Waals surface area contributed by atoms with E-state index < -0.39 is 0 Å². The van der Waals surface area contributed by atoms with E-state index in [0.29, 0.717) is 17.8 Å². The average Bonchev–Trinajstić information content (AvgIpc) is 2.95. The first kappa shape index (κ1) is 11.1. The molecule has 3 rings (SSSR count). The number of rotatable bonds is 1. The second-order valence-corrected chi connectivity index (χ2v) is 5.52. The number of hydrogen-bond acceptors (Lipinski definition) is 2. The molecule has 0 bridgehead atoms. The number of ether oxygens (including phenoxy) is 1. The highest BCUT2D eigenvalue weighted by molar-refractivity contribution is 5.75. The van der Waals surface area contributed by atoms with Gasteiger partial charge in [-0.15, -0.1) is 0 Å². The van der Waals surface area contributed by atoms with E-state index in [0.717, 1.165) is 12.8 Å². The van der Waals surface area contributed by atoms with E-state index >= 15 is 0 Å². The number of hydrogen-bond donors (Lipinski definition) is 0. The highest BCUT2D eigenvalue weighted by Gasteiger charge is 2.41. The molecule has 3 aliphatic carbocycles. The lowest BCUT2D eigenvalue weighted by Crippen LogP contribution is -2.24. The summed E-state index contributed by atoms with van der Waals surface area (Å²) in [4.78, 5) is 11.9. The van der Waals surface area contributed by atoms with Crippen molar-refractivity contribution in [2.45, 2.75) is 32.1 Å². The Morgan fingerprint density at radius 3 is 2.94 bits per heavy atom. The van der Waals surface area contributed by atoms with Gasteiger partial charge in [-0.1, -0.05) is 30.2 Å². The topological polar surface area (TPSA) is 26.3 Å². The van der Waals surface area contributed by atoms with Crippen molar-refractivity contribution >= 4 is 5.97 Å². The molecule has 0 aromatic carbocycles. The molecule has 0 amide bonds. The highest BCUT2D eigenvalue weighted by atomic mass is 16.5. The molecule has 2 nitrogen and oxygen atoms in total. The Bertz CT molecular complexity index is 380. The Hall–Kier alpha value is -1.05. The predicted molar refractivity (Wildman–Crippen MR) is 66.3 cm³/mol. The summed E-state index contributed by atoms with van der Waals surface area (Å²) < 4.78 is 4.96. The van der Waals surface area contributed by atoms with Gasteiger partial charge in [-0.05, 0) is 43.4 Å². The van der Waals surface area contributed by atoms with Gasteiger partial charge in [0.15, 0.2) is 0 Å². The lowest BCUT2D eigenvalue weighted by atomic mass is 9.81. The molecule has 4 atom stereocenters. The van der Waals surface area contributed by atoms with Crippen LogP contribution >= 0.6 is 0 Å². The van der Waals surface area contributed by atoms with E-state index in [2.05, 4.69) is 18.2 Å². The van der Waals surface area contributed by atoms with Crippen LogP contribution in [0.3, 0.4) is 0 Å². The first-order valence-electron chi connectivity index (χ1n) is 6.77. The average molecular weight is 232 g/mol. The van der Waals surface area contributed by atoms with Gasteiger partial charge in [0.2, 0.25) is 0 Å².